The van der Waals surface area contributed by atoms with Gasteiger partial charge in [0.25, 0.3) is 0 Å². The molecule has 4 heteroatoms. The van der Waals surface area contributed by atoms with E-state index < -0.39 is 0 Å². The average Bonchev–Trinajstić information content (AvgIpc) is 2.37. The Bertz CT molecular complexity index is 459. The molecule has 1 aliphatic rings. The second-order valence-corrected chi connectivity index (χ2v) is 4.92. The van der Waals surface area contributed by atoms with Crippen molar-refractivity contribution in [3.63, 3.8) is 0 Å². The van der Waals surface area contributed by atoms with Crippen molar-refractivity contribution in [2.75, 3.05) is 13.2 Å². The van der Waals surface area contributed by atoms with E-state index in [0.717, 1.165) is 24.4 Å². The molecule has 0 unspecified atom stereocenters. The molecule has 0 fully saturated rings. The summed E-state index contributed by atoms with van der Waals surface area (Å²) in [6.45, 7) is 7.24. The van der Waals surface area contributed by atoms with E-state index in [4.69, 9.17) is 17.0 Å². The van der Waals surface area contributed by atoms with Crippen LogP contribution in [0.5, 0.6) is 5.75 Å². The fourth-order valence-electron chi connectivity index (χ4n) is 1.93. The summed E-state index contributed by atoms with van der Waals surface area (Å²) in [5, 5.41) is 7.14. The Balaban J connectivity index is 1.98. The first-order chi connectivity index (χ1) is 8.66. The van der Waals surface area contributed by atoms with Crippen LogP contribution in [0.25, 0.3) is 0 Å². The van der Waals surface area contributed by atoms with Gasteiger partial charge in [-0.3, -0.25) is 0 Å². The van der Waals surface area contributed by atoms with E-state index in [0.29, 0.717) is 11.7 Å². The van der Waals surface area contributed by atoms with Crippen molar-refractivity contribution in [3.05, 3.63) is 42.0 Å². The van der Waals surface area contributed by atoms with Gasteiger partial charge in [-0.05, 0) is 25.2 Å². The Morgan fingerprint density at radius 1 is 1.50 bits per heavy atom. The summed E-state index contributed by atoms with van der Waals surface area (Å²) in [5.74, 6) is 0.948. The lowest BCUT2D eigenvalue weighted by atomic mass is 10.0. The van der Waals surface area contributed by atoms with Crippen molar-refractivity contribution in [2.45, 2.75) is 19.4 Å². The van der Waals surface area contributed by atoms with Crippen LogP contribution in [0.2, 0.25) is 0 Å². The molecule has 0 spiro atoms. The zero-order valence-electron chi connectivity index (χ0n) is 10.5. The Hall–Kier alpha value is -1.55. The Labute approximate surface area is 113 Å². The molecular formula is C14H18N2OS. The standard InChI is InChI=1S/C14H18N2OS/c1-10(2)9-15-14(18)16-12-7-8-17-13-6-4-3-5-11(12)13/h3-6,12H,1,7-9H2,2H3,(H2,15,16,18)/t12-/m0/s1. The number of hydrogen-bond acceptors (Lipinski definition) is 2. The average molecular weight is 262 g/mol. The van der Waals surface area contributed by atoms with Crippen molar-refractivity contribution in [3.8, 4) is 5.75 Å². The van der Waals surface area contributed by atoms with E-state index in [-0.39, 0.29) is 6.04 Å². The highest BCUT2D eigenvalue weighted by molar-refractivity contribution is 7.80. The van der Waals surface area contributed by atoms with Crippen molar-refractivity contribution >= 4 is 17.3 Å². The fraction of sp³-hybridized carbons (Fsp3) is 0.357. The lowest BCUT2D eigenvalue weighted by molar-refractivity contribution is 0.262. The smallest absolute Gasteiger partial charge is 0.167 e. The van der Waals surface area contributed by atoms with Crippen LogP contribution in [-0.4, -0.2) is 18.3 Å². The maximum Gasteiger partial charge on any atom is 0.167 e. The van der Waals surface area contributed by atoms with E-state index >= 15 is 0 Å². The normalized spacial score (nSPS) is 17.3. The number of nitrogens with one attached hydrogen (secondary N) is 2. The van der Waals surface area contributed by atoms with Gasteiger partial charge in [0.05, 0.1) is 12.6 Å². The highest BCUT2D eigenvalue weighted by Gasteiger charge is 2.21. The molecule has 1 aromatic rings. The fourth-order valence-corrected chi connectivity index (χ4v) is 2.15. The van der Waals surface area contributed by atoms with Gasteiger partial charge in [0, 0.05) is 18.5 Å². The number of hydrogen-bond donors (Lipinski definition) is 2. The van der Waals surface area contributed by atoms with Gasteiger partial charge in [0.15, 0.2) is 5.11 Å². The molecule has 0 radical (unpaired) electrons. The summed E-state index contributed by atoms with van der Waals surface area (Å²) >= 11 is 5.28. The maximum atomic E-state index is 5.62. The first kappa shape index (κ1) is 12.9. The van der Waals surface area contributed by atoms with Gasteiger partial charge in [0.1, 0.15) is 5.75 Å². The molecule has 0 saturated heterocycles. The number of para-hydroxylation sites is 1. The van der Waals surface area contributed by atoms with Gasteiger partial charge < -0.3 is 15.4 Å². The minimum absolute atomic E-state index is 0.222. The molecule has 0 amide bonds. The molecule has 0 saturated carbocycles. The SMILES string of the molecule is C=C(C)CNC(=S)N[C@H]1CCOc2ccccc21. The molecule has 0 bridgehead atoms. The van der Waals surface area contributed by atoms with E-state index in [9.17, 15) is 0 Å². The monoisotopic (exact) mass is 262 g/mol. The van der Waals surface area contributed by atoms with Gasteiger partial charge in [-0.15, -0.1) is 0 Å². The lowest BCUT2D eigenvalue weighted by Gasteiger charge is -2.27. The molecule has 0 aromatic heterocycles. The lowest BCUT2D eigenvalue weighted by Crippen LogP contribution is -2.39. The first-order valence-corrected chi connectivity index (χ1v) is 6.48. The summed E-state index contributed by atoms with van der Waals surface area (Å²) in [4.78, 5) is 0. The van der Waals surface area contributed by atoms with E-state index in [2.05, 4.69) is 23.3 Å². The van der Waals surface area contributed by atoms with Crippen molar-refractivity contribution < 1.29 is 4.74 Å². The minimum Gasteiger partial charge on any atom is -0.493 e. The topological polar surface area (TPSA) is 33.3 Å². The van der Waals surface area contributed by atoms with E-state index in [1.54, 1.807) is 0 Å². The molecule has 96 valence electrons. The molecule has 1 aromatic carbocycles. The maximum absolute atomic E-state index is 5.62. The van der Waals surface area contributed by atoms with Crippen LogP contribution in [0.1, 0.15) is 24.9 Å². The highest BCUT2D eigenvalue weighted by Crippen LogP contribution is 2.31. The van der Waals surface area contributed by atoms with Crippen LogP contribution in [0.3, 0.4) is 0 Å². The van der Waals surface area contributed by atoms with Crippen molar-refractivity contribution in [1.29, 1.82) is 0 Å². The number of fused-ring (bicyclic) bond motifs is 1. The number of rotatable bonds is 3. The van der Waals surface area contributed by atoms with Gasteiger partial charge in [0.2, 0.25) is 0 Å². The second kappa shape index (κ2) is 5.87. The third kappa shape index (κ3) is 3.23. The predicted octanol–water partition coefficient (Wildman–Crippen LogP) is 2.55. The molecular weight excluding hydrogens is 244 g/mol. The summed E-state index contributed by atoms with van der Waals surface area (Å²) < 4.78 is 5.62. The molecule has 3 nitrogen and oxygen atoms in total. The molecule has 1 atom stereocenters. The number of benzene rings is 1. The molecule has 1 aliphatic heterocycles. The van der Waals surface area contributed by atoms with Crippen molar-refractivity contribution in [1.82, 2.24) is 10.6 Å². The van der Waals surface area contributed by atoms with E-state index in [1.807, 2.05) is 25.1 Å². The molecule has 1 heterocycles. The van der Waals surface area contributed by atoms with Crippen LogP contribution in [0.4, 0.5) is 0 Å². The predicted molar refractivity (Wildman–Crippen MR) is 77.8 cm³/mol. The Morgan fingerprint density at radius 2 is 2.28 bits per heavy atom. The van der Waals surface area contributed by atoms with Crippen molar-refractivity contribution in [2.24, 2.45) is 0 Å². The quantitative estimate of drug-likeness (QED) is 0.648. The van der Waals surface area contributed by atoms with Crippen LogP contribution in [0.15, 0.2) is 36.4 Å². The summed E-state index contributed by atoms with van der Waals surface area (Å²) in [6.07, 6.45) is 0.923. The molecule has 0 aliphatic carbocycles. The summed E-state index contributed by atoms with van der Waals surface area (Å²) in [7, 11) is 0. The van der Waals surface area contributed by atoms with Crippen LogP contribution >= 0.6 is 12.2 Å². The number of ether oxygens (including phenoxy) is 1. The van der Waals surface area contributed by atoms with Gasteiger partial charge in [-0.2, -0.15) is 0 Å². The zero-order valence-corrected chi connectivity index (χ0v) is 11.3. The zero-order chi connectivity index (χ0) is 13.0. The summed E-state index contributed by atoms with van der Waals surface area (Å²) in [6, 6.07) is 8.30. The third-order valence-electron chi connectivity index (χ3n) is 2.81. The van der Waals surface area contributed by atoms with Crippen LogP contribution in [0, 0.1) is 0 Å². The molecule has 2 rings (SSSR count). The first-order valence-electron chi connectivity index (χ1n) is 6.07. The minimum atomic E-state index is 0.222. The van der Waals surface area contributed by atoms with E-state index in [1.165, 1.54) is 5.56 Å². The second-order valence-electron chi connectivity index (χ2n) is 4.51. The highest BCUT2D eigenvalue weighted by atomic mass is 32.1. The van der Waals surface area contributed by atoms with Gasteiger partial charge in [-0.25, -0.2) is 0 Å². The van der Waals surface area contributed by atoms with Crippen LogP contribution < -0.4 is 15.4 Å². The molecule has 18 heavy (non-hydrogen) atoms. The number of thiocarbonyl (C=S) groups is 1. The third-order valence-corrected chi connectivity index (χ3v) is 3.08. The Kier molecular flexibility index (Phi) is 4.20. The van der Waals surface area contributed by atoms with Gasteiger partial charge >= 0.3 is 0 Å². The summed E-state index contributed by atoms with van der Waals surface area (Å²) in [5.41, 5.74) is 2.23. The largest absolute Gasteiger partial charge is 0.493 e. The molecule has 2 N–H and O–H groups in total. The van der Waals surface area contributed by atoms with Crippen LogP contribution in [-0.2, 0) is 0 Å². The van der Waals surface area contributed by atoms with Gasteiger partial charge in [-0.1, -0.05) is 30.4 Å². The Morgan fingerprint density at radius 3 is 3.06 bits per heavy atom.